The lowest BCUT2D eigenvalue weighted by atomic mass is 10.0. The first-order valence-electron chi connectivity index (χ1n) is 11.0. The summed E-state index contributed by atoms with van der Waals surface area (Å²) in [4.78, 5) is 10.7. The zero-order chi connectivity index (χ0) is 22.5. The zero-order valence-electron chi connectivity index (χ0n) is 18.1. The summed E-state index contributed by atoms with van der Waals surface area (Å²) in [5.74, 6) is 1.38. The van der Waals surface area contributed by atoms with Gasteiger partial charge in [0.2, 0.25) is 10.0 Å². The number of benzene rings is 1. The molecule has 2 aromatic rings. The summed E-state index contributed by atoms with van der Waals surface area (Å²) in [6.07, 6.45) is 5.03. The van der Waals surface area contributed by atoms with Gasteiger partial charge in [-0.2, -0.15) is 4.31 Å². The third-order valence-corrected chi connectivity index (χ3v) is 8.79. The Labute approximate surface area is 188 Å². The Balaban J connectivity index is 1.31. The van der Waals surface area contributed by atoms with Crippen molar-refractivity contribution in [2.45, 2.75) is 43.5 Å². The molecule has 5 rings (SSSR count). The van der Waals surface area contributed by atoms with Gasteiger partial charge in [-0.3, -0.25) is 5.41 Å². The van der Waals surface area contributed by atoms with Crippen LogP contribution >= 0.6 is 0 Å². The molecule has 32 heavy (non-hydrogen) atoms. The van der Waals surface area contributed by atoms with Gasteiger partial charge in [-0.1, -0.05) is 0 Å². The first-order valence-corrected chi connectivity index (χ1v) is 12.5. The maximum absolute atomic E-state index is 12.5. The number of rotatable bonds is 7. The number of nitrogens with one attached hydrogen (secondary N) is 1. The molecule has 0 spiro atoms. The van der Waals surface area contributed by atoms with E-state index in [2.05, 4.69) is 16.9 Å². The molecule has 2 saturated carbocycles. The lowest BCUT2D eigenvalue weighted by Gasteiger charge is -2.34. The molecule has 3 aliphatic rings. The smallest absolute Gasteiger partial charge is 0.217 e. The van der Waals surface area contributed by atoms with Crippen molar-refractivity contribution in [1.29, 1.82) is 5.41 Å². The van der Waals surface area contributed by atoms with Crippen molar-refractivity contribution in [2.75, 3.05) is 36.8 Å². The molecule has 0 bridgehead atoms. The number of hydrogen-bond acceptors (Lipinski definition) is 8. The van der Waals surface area contributed by atoms with Crippen LogP contribution in [0.3, 0.4) is 0 Å². The molecule has 1 aromatic heterocycles. The average Bonchev–Trinajstić information content (AvgIpc) is 3.72. The van der Waals surface area contributed by atoms with Crippen molar-refractivity contribution in [3.8, 4) is 5.75 Å². The Morgan fingerprint density at radius 1 is 1.16 bits per heavy atom. The van der Waals surface area contributed by atoms with Gasteiger partial charge in [0.25, 0.3) is 0 Å². The second-order valence-electron chi connectivity index (χ2n) is 9.07. The first-order chi connectivity index (χ1) is 15.2. The molecule has 0 radical (unpaired) electrons. The SMILES string of the molecule is CC1(Oc2ccc(N)c(C(=N)c3cc(N4CCN(S(=O)(=O)C5CC5)CC4)ncn3)c2)CC1. The van der Waals surface area contributed by atoms with E-state index in [9.17, 15) is 8.42 Å². The third kappa shape index (κ3) is 4.16. The standard InChI is InChI=1S/C22H28N6O3S/c1-22(6-7-22)31-15-2-5-18(23)17(12-15)21(24)19-13-20(26-14-25-19)27-8-10-28(11-9-27)32(29,30)16-3-4-16/h2,5,12-14,16,24H,3-4,6-11,23H2,1H3. The average molecular weight is 457 g/mol. The van der Waals surface area contributed by atoms with E-state index in [0.717, 1.165) is 25.7 Å². The monoisotopic (exact) mass is 456 g/mol. The molecule has 0 unspecified atom stereocenters. The Morgan fingerprint density at radius 3 is 2.53 bits per heavy atom. The lowest BCUT2D eigenvalue weighted by molar-refractivity contribution is 0.200. The van der Waals surface area contributed by atoms with Gasteiger partial charge in [0.15, 0.2) is 0 Å². The molecule has 2 heterocycles. The second kappa shape index (κ2) is 7.70. The first kappa shape index (κ1) is 21.1. The Hall–Kier alpha value is -2.72. The lowest BCUT2D eigenvalue weighted by Crippen LogP contribution is -2.49. The number of nitrogens with zero attached hydrogens (tertiary/aromatic N) is 4. The van der Waals surface area contributed by atoms with Crippen molar-refractivity contribution in [1.82, 2.24) is 14.3 Å². The van der Waals surface area contributed by atoms with Gasteiger partial charge in [-0.05, 0) is 50.8 Å². The van der Waals surface area contributed by atoms with E-state index in [-0.39, 0.29) is 16.6 Å². The van der Waals surface area contributed by atoms with Gasteiger partial charge in [0.1, 0.15) is 23.5 Å². The molecule has 0 atom stereocenters. The number of aromatic nitrogens is 2. The Kier molecular flexibility index (Phi) is 5.09. The quantitative estimate of drug-likeness (QED) is 0.482. The zero-order valence-corrected chi connectivity index (χ0v) is 18.9. The third-order valence-electron chi connectivity index (χ3n) is 6.39. The fourth-order valence-corrected chi connectivity index (χ4v) is 5.75. The molecular weight excluding hydrogens is 428 g/mol. The molecule has 3 fully saturated rings. The second-order valence-corrected chi connectivity index (χ2v) is 11.3. The Morgan fingerprint density at radius 2 is 1.88 bits per heavy atom. The number of hydrogen-bond donors (Lipinski definition) is 2. The van der Waals surface area contributed by atoms with Crippen molar-refractivity contribution in [3.63, 3.8) is 0 Å². The van der Waals surface area contributed by atoms with Crippen molar-refractivity contribution < 1.29 is 13.2 Å². The summed E-state index contributed by atoms with van der Waals surface area (Å²) < 4.78 is 32.6. The molecule has 1 saturated heterocycles. The van der Waals surface area contributed by atoms with Crippen LogP contribution in [-0.2, 0) is 10.0 Å². The summed E-state index contributed by atoms with van der Waals surface area (Å²) in [6.45, 7) is 4.07. The number of nitrogens with two attached hydrogens (primary N) is 1. The molecule has 170 valence electrons. The van der Waals surface area contributed by atoms with E-state index in [1.54, 1.807) is 22.5 Å². The number of ether oxygens (including phenoxy) is 1. The van der Waals surface area contributed by atoms with Crippen LogP contribution < -0.4 is 15.4 Å². The predicted octanol–water partition coefficient (Wildman–Crippen LogP) is 2.02. The highest BCUT2D eigenvalue weighted by molar-refractivity contribution is 7.90. The minimum atomic E-state index is -3.16. The fourth-order valence-electron chi connectivity index (χ4n) is 3.92. The normalized spacial score (nSPS) is 20.7. The molecule has 2 aliphatic carbocycles. The molecule has 1 aromatic carbocycles. The number of nitrogen functional groups attached to an aromatic ring is 1. The van der Waals surface area contributed by atoms with Gasteiger partial charge < -0.3 is 15.4 Å². The van der Waals surface area contributed by atoms with E-state index in [0.29, 0.717) is 54.7 Å². The molecule has 1 aliphatic heterocycles. The van der Waals surface area contributed by atoms with E-state index in [1.807, 2.05) is 11.0 Å². The molecular formula is C22H28N6O3S. The maximum atomic E-state index is 12.5. The van der Waals surface area contributed by atoms with Crippen molar-refractivity contribution in [2.24, 2.45) is 0 Å². The van der Waals surface area contributed by atoms with Gasteiger partial charge >= 0.3 is 0 Å². The van der Waals surface area contributed by atoms with Crippen LogP contribution in [-0.4, -0.2) is 65.4 Å². The minimum absolute atomic E-state index is 0.118. The summed E-state index contributed by atoms with van der Waals surface area (Å²) in [5, 5.41) is 8.51. The highest BCUT2D eigenvalue weighted by Gasteiger charge is 2.41. The summed E-state index contributed by atoms with van der Waals surface area (Å²) in [7, 11) is -3.16. The van der Waals surface area contributed by atoms with E-state index < -0.39 is 10.0 Å². The van der Waals surface area contributed by atoms with Gasteiger partial charge in [-0.15, -0.1) is 0 Å². The summed E-state index contributed by atoms with van der Waals surface area (Å²) in [5.41, 5.74) is 7.76. The van der Waals surface area contributed by atoms with Crippen molar-refractivity contribution >= 4 is 27.2 Å². The highest BCUT2D eigenvalue weighted by Crippen LogP contribution is 2.40. The number of sulfonamides is 1. The molecule has 3 N–H and O–H groups in total. The maximum Gasteiger partial charge on any atom is 0.217 e. The van der Waals surface area contributed by atoms with Gasteiger partial charge in [-0.25, -0.2) is 18.4 Å². The van der Waals surface area contributed by atoms with Crippen LogP contribution in [0.2, 0.25) is 0 Å². The Bertz CT molecular complexity index is 1150. The topological polar surface area (TPSA) is 126 Å². The largest absolute Gasteiger partial charge is 0.488 e. The van der Waals surface area contributed by atoms with Crippen LogP contribution in [0.25, 0.3) is 0 Å². The van der Waals surface area contributed by atoms with Crippen LogP contribution in [0, 0.1) is 5.41 Å². The van der Waals surface area contributed by atoms with Crippen LogP contribution in [0.4, 0.5) is 11.5 Å². The van der Waals surface area contributed by atoms with Crippen LogP contribution in [0.15, 0.2) is 30.6 Å². The highest BCUT2D eigenvalue weighted by atomic mass is 32.2. The summed E-state index contributed by atoms with van der Waals surface area (Å²) in [6, 6.07) is 7.15. The van der Waals surface area contributed by atoms with Gasteiger partial charge in [0, 0.05) is 43.5 Å². The predicted molar refractivity (Wildman–Crippen MR) is 123 cm³/mol. The molecule has 10 heteroatoms. The molecule has 0 amide bonds. The fraction of sp³-hybridized carbons (Fsp3) is 0.500. The van der Waals surface area contributed by atoms with Crippen LogP contribution in [0.1, 0.15) is 43.9 Å². The number of piperazine rings is 1. The minimum Gasteiger partial charge on any atom is -0.488 e. The van der Waals surface area contributed by atoms with Crippen LogP contribution in [0.5, 0.6) is 5.75 Å². The number of anilines is 2. The van der Waals surface area contributed by atoms with E-state index in [1.165, 1.54) is 6.33 Å². The van der Waals surface area contributed by atoms with Gasteiger partial charge in [0.05, 0.1) is 16.7 Å². The summed E-state index contributed by atoms with van der Waals surface area (Å²) >= 11 is 0. The van der Waals surface area contributed by atoms with E-state index in [4.69, 9.17) is 15.9 Å². The van der Waals surface area contributed by atoms with E-state index >= 15 is 0 Å². The van der Waals surface area contributed by atoms with Crippen molar-refractivity contribution in [3.05, 3.63) is 41.9 Å². The molecule has 9 nitrogen and oxygen atoms in total.